The van der Waals surface area contributed by atoms with Gasteiger partial charge in [-0.2, -0.15) is 0 Å². The van der Waals surface area contributed by atoms with Crippen LogP contribution < -0.4 is 10.9 Å². The fourth-order valence-corrected chi connectivity index (χ4v) is 4.02. The molecule has 2 aromatic rings. The zero-order valence-corrected chi connectivity index (χ0v) is 12.6. The van der Waals surface area contributed by atoms with Crippen molar-refractivity contribution in [2.24, 2.45) is 11.8 Å². The van der Waals surface area contributed by atoms with Crippen LogP contribution in [0, 0.1) is 11.8 Å². The molecule has 2 atom stereocenters. The summed E-state index contributed by atoms with van der Waals surface area (Å²) in [7, 11) is 0. The second-order valence-corrected chi connectivity index (χ2v) is 6.39. The van der Waals surface area contributed by atoms with Crippen molar-refractivity contribution in [3.63, 3.8) is 0 Å². The molecule has 0 radical (unpaired) electrons. The zero-order valence-electron chi connectivity index (χ0n) is 11.0. The zero-order chi connectivity index (χ0) is 12.8. The highest BCUT2D eigenvalue weighted by Gasteiger charge is 2.35. The van der Waals surface area contributed by atoms with Crippen molar-refractivity contribution in [2.45, 2.75) is 6.54 Å². The number of rotatable bonds is 2. The van der Waals surface area contributed by atoms with Gasteiger partial charge in [-0.05, 0) is 24.9 Å². The Kier molecular flexibility index (Phi) is 3.81. The van der Waals surface area contributed by atoms with Crippen LogP contribution in [-0.4, -0.2) is 40.5 Å². The Bertz CT molecular complexity index is 658. The predicted octanol–water partition coefficient (Wildman–Crippen LogP) is 0.829. The minimum atomic E-state index is 0. The SMILES string of the molecule is Cl.O=c1cc(CN2C[C@H]3CNC[C@H]3C2)nc2sccn12. The summed E-state index contributed by atoms with van der Waals surface area (Å²) >= 11 is 1.51. The molecule has 2 aliphatic heterocycles. The Hall–Kier alpha value is -0.950. The Morgan fingerprint density at radius 3 is 2.85 bits per heavy atom. The lowest BCUT2D eigenvalue weighted by atomic mass is 10.0. The molecule has 4 heterocycles. The van der Waals surface area contributed by atoms with Gasteiger partial charge in [0.1, 0.15) is 0 Å². The van der Waals surface area contributed by atoms with Crippen molar-refractivity contribution in [1.29, 1.82) is 0 Å². The molecule has 2 aromatic heterocycles. The van der Waals surface area contributed by atoms with Crippen LogP contribution >= 0.6 is 23.7 Å². The molecule has 0 amide bonds. The van der Waals surface area contributed by atoms with E-state index in [9.17, 15) is 4.79 Å². The molecule has 0 aliphatic carbocycles. The maximum atomic E-state index is 11.9. The molecule has 0 aromatic carbocycles. The van der Waals surface area contributed by atoms with E-state index in [0.29, 0.717) is 0 Å². The van der Waals surface area contributed by atoms with Crippen molar-refractivity contribution in [3.8, 4) is 0 Å². The third-order valence-corrected chi connectivity index (χ3v) is 4.96. The van der Waals surface area contributed by atoms with Crippen LogP contribution in [0.2, 0.25) is 0 Å². The Balaban J connectivity index is 0.00000121. The number of halogens is 1. The van der Waals surface area contributed by atoms with Crippen molar-refractivity contribution in [3.05, 3.63) is 33.7 Å². The highest BCUT2D eigenvalue weighted by atomic mass is 35.5. The van der Waals surface area contributed by atoms with Crippen LogP contribution in [0.25, 0.3) is 4.96 Å². The van der Waals surface area contributed by atoms with E-state index in [-0.39, 0.29) is 18.0 Å². The second kappa shape index (κ2) is 5.44. The highest BCUT2D eigenvalue weighted by molar-refractivity contribution is 7.15. The molecule has 5 nitrogen and oxygen atoms in total. The van der Waals surface area contributed by atoms with Crippen molar-refractivity contribution in [1.82, 2.24) is 19.6 Å². The van der Waals surface area contributed by atoms with Crippen LogP contribution in [-0.2, 0) is 6.54 Å². The van der Waals surface area contributed by atoms with Crippen LogP contribution in [0.4, 0.5) is 0 Å². The smallest absolute Gasteiger partial charge is 0.258 e. The van der Waals surface area contributed by atoms with Crippen LogP contribution in [0.15, 0.2) is 22.4 Å². The normalized spacial score (nSPS) is 25.8. The van der Waals surface area contributed by atoms with E-state index in [1.54, 1.807) is 16.7 Å². The number of fused-ring (bicyclic) bond motifs is 2. The van der Waals surface area contributed by atoms with E-state index in [1.165, 1.54) is 11.3 Å². The van der Waals surface area contributed by atoms with E-state index in [2.05, 4.69) is 15.2 Å². The Morgan fingerprint density at radius 2 is 2.10 bits per heavy atom. The number of aromatic nitrogens is 2. The number of nitrogens with zero attached hydrogens (tertiary/aromatic N) is 3. The molecule has 0 unspecified atom stereocenters. The first-order chi connectivity index (χ1) is 9.29. The summed E-state index contributed by atoms with van der Waals surface area (Å²) in [6.07, 6.45) is 1.78. The summed E-state index contributed by atoms with van der Waals surface area (Å²) in [6, 6.07) is 1.67. The molecule has 20 heavy (non-hydrogen) atoms. The lowest BCUT2D eigenvalue weighted by Crippen LogP contribution is -2.26. The van der Waals surface area contributed by atoms with E-state index in [0.717, 1.165) is 55.2 Å². The summed E-state index contributed by atoms with van der Waals surface area (Å²) in [4.78, 5) is 19.7. The number of likely N-dealkylation sites (tertiary alicyclic amines) is 1. The van der Waals surface area contributed by atoms with Gasteiger partial charge in [-0.15, -0.1) is 23.7 Å². The number of hydrogen-bond acceptors (Lipinski definition) is 5. The highest BCUT2D eigenvalue weighted by Crippen LogP contribution is 2.27. The van der Waals surface area contributed by atoms with Gasteiger partial charge in [0.25, 0.3) is 5.56 Å². The molecule has 4 rings (SSSR count). The topological polar surface area (TPSA) is 49.6 Å². The van der Waals surface area contributed by atoms with E-state index < -0.39 is 0 Å². The molecular weight excluding hydrogens is 296 g/mol. The van der Waals surface area contributed by atoms with Gasteiger partial charge < -0.3 is 5.32 Å². The lowest BCUT2D eigenvalue weighted by Gasteiger charge is -2.16. The maximum Gasteiger partial charge on any atom is 0.258 e. The van der Waals surface area contributed by atoms with Crippen LogP contribution in [0.3, 0.4) is 0 Å². The minimum Gasteiger partial charge on any atom is -0.316 e. The van der Waals surface area contributed by atoms with E-state index in [1.807, 2.05) is 5.38 Å². The van der Waals surface area contributed by atoms with Gasteiger partial charge in [-0.1, -0.05) is 0 Å². The van der Waals surface area contributed by atoms with Gasteiger partial charge in [-0.3, -0.25) is 14.1 Å². The largest absolute Gasteiger partial charge is 0.316 e. The van der Waals surface area contributed by atoms with Gasteiger partial charge in [0, 0.05) is 37.3 Å². The molecule has 2 fully saturated rings. The van der Waals surface area contributed by atoms with Crippen LogP contribution in [0.1, 0.15) is 5.69 Å². The predicted molar refractivity (Wildman–Crippen MR) is 81.7 cm³/mol. The average molecular weight is 313 g/mol. The molecule has 0 saturated carbocycles. The number of hydrogen-bond donors (Lipinski definition) is 1. The van der Waals surface area contributed by atoms with E-state index >= 15 is 0 Å². The van der Waals surface area contributed by atoms with Crippen LogP contribution in [0.5, 0.6) is 0 Å². The third kappa shape index (κ3) is 2.37. The van der Waals surface area contributed by atoms with Crippen molar-refractivity contribution < 1.29 is 0 Å². The molecule has 108 valence electrons. The lowest BCUT2D eigenvalue weighted by molar-refractivity contribution is 0.302. The maximum absolute atomic E-state index is 11.9. The van der Waals surface area contributed by atoms with Crippen molar-refractivity contribution >= 4 is 28.7 Å². The monoisotopic (exact) mass is 312 g/mol. The average Bonchev–Trinajstić information content (AvgIpc) is 3.02. The Labute approximate surface area is 127 Å². The van der Waals surface area contributed by atoms with Gasteiger partial charge in [0.15, 0.2) is 4.96 Å². The second-order valence-electron chi connectivity index (χ2n) is 5.51. The fraction of sp³-hybridized carbons (Fsp3) is 0.538. The molecule has 0 bridgehead atoms. The fourth-order valence-electron chi connectivity index (χ4n) is 3.28. The van der Waals surface area contributed by atoms with E-state index in [4.69, 9.17) is 0 Å². The summed E-state index contributed by atoms with van der Waals surface area (Å²) in [5.41, 5.74) is 0.933. The van der Waals surface area contributed by atoms with Crippen molar-refractivity contribution in [2.75, 3.05) is 26.2 Å². The molecule has 2 saturated heterocycles. The minimum absolute atomic E-state index is 0. The summed E-state index contributed by atoms with van der Waals surface area (Å²) in [5.74, 6) is 1.57. The molecule has 2 aliphatic rings. The molecular formula is C13H17ClN4OS. The number of nitrogens with one attached hydrogen (secondary N) is 1. The summed E-state index contributed by atoms with van der Waals surface area (Å²) < 4.78 is 1.61. The quantitative estimate of drug-likeness (QED) is 0.892. The van der Waals surface area contributed by atoms with Gasteiger partial charge in [0.05, 0.1) is 5.69 Å². The van der Waals surface area contributed by atoms with Gasteiger partial charge >= 0.3 is 0 Å². The van der Waals surface area contributed by atoms with Gasteiger partial charge in [0.2, 0.25) is 0 Å². The molecule has 7 heteroatoms. The molecule has 0 spiro atoms. The summed E-state index contributed by atoms with van der Waals surface area (Å²) in [5, 5.41) is 5.35. The van der Waals surface area contributed by atoms with Gasteiger partial charge in [-0.25, -0.2) is 4.98 Å². The first-order valence-corrected chi connectivity index (χ1v) is 7.56. The third-order valence-electron chi connectivity index (χ3n) is 4.21. The Morgan fingerprint density at radius 1 is 1.35 bits per heavy atom. The first-order valence-electron chi connectivity index (χ1n) is 6.68. The first kappa shape index (κ1) is 14.0. The summed E-state index contributed by atoms with van der Waals surface area (Å²) in [6.45, 7) is 5.34. The standard InChI is InChI=1S/C13H16N4OS.ClH/c18-12-3-11(15-13-17(12)1-2-19-13)8-16-6-9-4-14-5-10(9)7-16;/h1-3,9-10,14H,4-8H2;1H/t9-,10+;. The molecule has 1 N–H and O–H groups in total. The number of thiazole rings is 1.